The van der Waals surface area contributed by atoms with Crippen LogP contribution in [0.3, 0.4) is 0 Å². The van der Waals surface area contributed by atoms with Crippen LogP contribution in [0.4, 0.5) is 4.39 Å². The summed E-state index contributed by atoms with van der Waals surface area (Å²) in [6.45, 7) is 6.73. The lowest BCUT2D eigenvalue weighted by atomic mass is 9.94. The van der Waals surface area contributed by atoms with E-state index >= 15 is 0 Å². The Bertz CT molecular complexity index is 1050. The summed E-state index contributed by atoms with van der Waals surface area (Å²) in [5, 5.41) is 11.3. The molecule has 0 aliphatic carbocycles. The second kappa shape index (κ2) is 11.0. The first-order valence-corrected chi connectivity index (χ1v) is 11.4. The van der Waals surface area contributed by atoms with Crippen molar-refractivity contribution in [1.29, 1.82) is 0 Å². The molecule has 1 atom stereocenters. The highest BCUT2D eigenvalue weighted by molar-refractivity contribution is 6.46. The molecule has 1 N–H and O–H groups in total. The number of halogens is 1. The lowest BCUT2D eigenvalue weighted by Crippen LogP contribution is -2.31. The zero-order valence-electron chi connectivity index (χ0n) is 19.3. The first kappa shape index (κ1) is 24.3. The van der Waals surface area contributed by atoms with Gasteiger partial charge in [-0.2, -0.15) is 0 Å². The third kappa shape index (κ3) is 5.02. The third-order valence-electron chi connectivity index (χ3n) is 5.56. The van der Waals surface area contributed by atoms with Gasteiger partial charge < -0.3 is 19.5 Å². The zero-order chi connectivity index (χ0) is 24.0. The Hall–Kier alpha value is -3.35. The Kier molecular flexibility index (Phi) is 8.09. The number of amides is 1. The summed E-state index contributed by atoms with van der Waals surface area (Å²) in [7, 11) is 0. The number of nitrogens with zero attached hydrogens (tertiary/aromatic N) is 1. The minimum absolute atomic E-state index is 0.147. The number of ether oxygens (including phenoxy) is 2. The number of likely N-dealkylation sites (tertiary alicyclic amines) is 1. The van der Waals surface area contributed by atoms with E-state index in [1.54, 1.807) is 37.3 Å². The monoisotopic (exact) mass is 455 g/mol. The van der Waals surface area contributed by atoms with Crippen LogP contribution in [0, 0.1) is 5.82 Å². The second-order valence-electron chi connectivity index (χ2n) is 7.75. The van der Waals surface area contributed by atoms with Crippen molar-refractivity contribution in [3.05, 3.63) is 65.0 Å². The van der Waals surface area contributed by atoms with Gasteiger partial charge in [0.15, 0.2) is 0 Å². The first-order chi connectivity index (χ1) is 15.9. The fraction of sp³-hybridized carbons (Fsp3) is 0.385. The third-order valence-corrected chi connectivity index (χ3v) is 5.56. The van der Waals surface area contributed by atoms with Gasteiger partial charge in [0.25, 0.3) is 11.7 Å². The molecule has 0 spiro atoms. The summed E-state index contributed by atoms with van der Waals surface area (Å²) >= 11 is 0. The molecular weight excluding hydrogens is 425 g/mol. The summed E-state index contributed by atoms with van der Waals surface area (Å²) in [6, 6.07) is 9.83. The minimum atomic E-state index is -1.02. The molecule has 1 unspecified atom stereocenters. The van der Waals surface area contributed by atoms with Crippen LogP contribution in [-0.2, 0) is 9.59 Å². The molecule has 1 heterocycles. The highest BCUT2D eigenvalue weighted by Crippen LogP contribution is 2.42. The molecule has 176 valence electrons. The molecule has 0 bridgehead atoms. The Morgan fingerprint density at radius 2 is 1.76 bits per heavy atom. The molecule has 0 radical (unpaired) electrons. The minimum Gasteiger partial charge on any atom is -0.507 e. The summed E-state index contributed by atoms with van der Waals surface area (Å²) in [5.74, 6) is -1.68. The van der Waals surface area contributed by atoms with Gasteiger partial charge >= 0.3 is 0 Å². The topological polar surface area (TPSA) is 76.1 Å². The number of aliphatic hydroxyl groups is 1. The van der Waals surface area contributed by atoms with E-state index < -0.39 is 29.3 Å². The zero-order valence-corrected chi connectivity index (χ0v) is 19.3. The molecule has 7 heteroatoms. The van der Waals surface area contributed by atoms with Crippen molar-refractivity contribution in [3.63, 3.8) is 0 Å². The van der Waals surface area contributed by atoms with Gasteiger partial charge in [-0.15, -0.1) is 0 Å². The van der Waals surface area contributed by atoms with Crippen LogP contribution in [0.2, 0.25) is 0 Å². The van der Waals surface area contributed by atoms with E-state index in [-0.39, 0.29) is 23.2 Å². The Balaban J connectivity index is 2.18. The smallest absolute Gasteiger partial charge is 0.295 e. The Morgan fingerprint density at radius 3 is 2.42 bits per heavy atom. The molecule has 1 amide bonds. The second-order valence-corrected chi connectivity index (χ2v) is 7.75. The molecule has 6 nitrogen and oxygen atoms in total. The van der Waals surface area contributed by atoms with Gasteiger partial charge in [0.2, 0.25) is 0 Å². The van der Waals surface area contributed by atoms with Crippen LogP contribution < -0.4 is 9.47 Å². The van der Waals surface area contributed by atoms with Crippen molar-refractivity contribution in [3.8, 4) is 11.5 Å². The quantitative estimate of drug-likeness (QED) is 0.230. The molecule has 0 aromatic heterocycles. The maximum atomic E-state index is 14.8. The molecule has 1 aliphatic rings. The van der Waals surface area contributed by atoms with Crippen molar-refractivity contribution in [2.45, 2.75) is 46.1 Å². The average Bonchev–Trinajstić information content (AvgIpc) is 3.05. The van der Waals surface area contributed by atoms with E-state index in [1.807, 2.05) is 13.8 Å². The van der Waals surface area contributed by atoms with E-state index in [1.165, 1.54) is 17.0 Å². The molecule has 33 heavy (non-hydrogen) atoms. The number of ketones is 1. The fourth-order valence-corrected chi connectivity index (χ4v) is 4.04. The number of carbonyl (C=O) groups is 2. The van der Waals surface area contributed by atoms with Crippen molar-refractivity contribution in [1.82, 2.24) is 4.90 Å². The van der Waals surface area contributed by atoms with Crippen LogP contribution in [0.5, 0.6) is 11.5 Å². The van der Waals surface area contributed by atoms with Crippen LogP contribution >= 0.6 is 0 Å². The molecule has 0 saturated carbocycles. The maximum Gasteiger partial charge on any atom is 0.295 e. The van der Waals surface area contributed by atoms with Crippen molar-refractivity contribution < 1.29 is 28.6 Å². The summed E-state index contributed by atoms with van der Waals surface area (Å²) in [5.41, 5.74) is 0.263. The van der Waals surface area contributed by atoms with Crippen molar-refractivity contribution in [2.75, 3.05) is 19.8 Å². The number of Topliss-reactive ketones (excluding diaryl/α,β-unsaturated/α-hetero) is 1. The van der Waals surface area contributed by atoms with Gasteiger partial charge in [0.05, 0.1) is 30.4 Å². The standard InChI is InChI=1S/C26H30FNO5/c1-4-7-10-15-28-23(18-11-8-9-12-20(18)27)22(25(30)26(28)31)24(29)19-14-13-17(32-5-2)16-21(19)33-6-3/h8-9,11-14,16,23,29H,4-7,10,15H2,1-3H3/b24-22+. The average molecular weight is 456 g/mol. The largest absolute Gasteiger partial charge is 0.507 e. The van der Waals surface area contributed by atoms with Crippen LogP contribution in [0.15, 0.2) is 48.0 Å². The number of carbonyl (C=O) groups excluding carboxylic acids is 2. The van der Waals surface area contributed by atoms with Gasteiger partial charge in [-0.25, -0.2) is 4.39 Å². The lowest BCUT2D eigenvalue weighted by molar-refractivity contribution is -0.139. The Morgan fingerprint density at radius 1 is 1.03 bits per heavy atom. The number of unbranched alkanes of at least 4 members (excludes halogenated alkanes) is 2. The number of hydrogen-bond acceptors (Lipinski definition) is 5. The summed E-state index contributed by atoms with van der Waals surface area (Å²) in [4.78, 5) is 27.4. The van der Waals surface area contributed by atoms with Crippen LogP contribution in [0.25, 0.3) is 5.76 Å². The number of hydrogen-bond donors (Lipinski definition) is 1. The number of benzene rings is 2. The van der Waals surface area contributed by atoms with Crippen molar-refractivity contribution in [2.24, 2.45) is 0 Å². The van der Waals surface area contributed by atoms with Gasteiger partial charge in [0.1, 0.15) is 23.1 Å². The summed E-state index contributed by atoms with van der Waals surface area (Å²) < 4.78 is 26.0. The molecule has 1 fully saturated rings. The van der Waals surface area contributed by atoms with E-state index in [0.717, 1.165) is 12.8 Å². The molecule has 3 rings (SSSR count). The van der Waals surface area contributed by atoms with Gasteiger partial charge in [-0.1, -0.05) is 38.0 Å². The van der Waals surface area contributed by atoms with E-state index in [4.69, 9.17) is 9.47 Å². The van der Waals surface area contributed by atoms with Crippen LogP contribution in [-0.4, -0.2) is 41.5 Å². The molecule has 2 aromatic carbocycles. The maximum absolute atomic E-state index is 14.8. The SMILES string of the molecule is CCCCCN1C(=O)C(=O)/C(=C(/O)c2ccc(OCC)cc2OCC)C1c1ccccc1F. The highest BCUT2D eigenvalue weighted by atomic mass is 19.1. The molecular formula is C26H30FNO5. The van der Waals surface area contributed by atoms with E-state index in [0.29, 0.717) is 31.1 Å². The van der Waals surface area contributed by atoms with Crippen molar-refractivity contribution >= 4 is 17.4 Å². The van der Waals surface area contributed by atoms with Gasteiger partial charge in [-0.3, -0.25) is 9.59 Å². The van der Waals surface area contributed by atoms with Gasteiger partial charge in [0, 0.05) is 18.2 Å². The predicted molar refractivity (Wildman–Crippen MR) is 124 cm³/mol. The highest BCUT2D eigenvalue weighted by Gasteiger charge is 2.46. The van der Waals surface area contributed by atoms with E-state index in [2.05, 4.69) is 0 Å². The molecule has 1 saturated heterocycles. The van der Waals surface area contributed by atoms with E-state index in [9.17, 15) is 19.1 Å². The fourth-order valence-electron chi connectivity index (χ4n) is 4.04. The molecule has 2 aromatic rings. The number of aliphatic hydroxyl groups excluding tert-OH is 1. The predicted octanol–water partition coefficient (Wildman–Crippen LogP) is 5.24. The number of rotatable bonds is 10. The van der Waals surface area contributed by atoms with Crippen LogP contribution in [0.1, 0.15) is 57.2 Å². The normalized spacial score (nSPS) is 17.5. The Labute approximate surface area is 193 Å². The summed E-state index contributed by atoms with van der Waals surface area (Å²) in [6.07, 6.45) is 2.46. The lowest BCUT2D eigenvalue weighted by Gasteiger charge is -2.25. The van der Waals surface area contributed by atoms with Gasteiger partial charge in [-0.05, 0) is 38.5 Å². The first-order valence-electron chi connectivity index (χ1n) is 11.4. The molecule has 1 aliphatic heterocycles.